The molecule has 0 aliphatic rings. The molecule has 0 saturated heterocycles. The first-order chi connectivity index (χ1) is 7.27. The molecule has 1 aromatic heterocycles. The van der Waals surface area contributed by atoms with Crippen LogP contribution in [-0.4, -0.2) is 30.1 Å². The Labute approximate surface area is 87.1 Å². The predicted molar refractivity (Wildman–Crippen MR) is 52.5 cm³/mol. The Kier molecular flexibility index (Phi) is 4.79. The van der Waals surface area contributed by atoms with Gasteiger partial charge in [0.25, 0.3) is 0 Å². The molecule has 0 fully saturated rings. The van der Waals surface area contributed by atoms with Gasteiger partial charge in [-0.15, -0.1) is 11.7 Å². The molecule has 1 rings (SSSR count). The first kappa shape index (κ1) is 11.7. The molecule has 84 valence electrons. The van der Waals surface area contributed by atoms with Gasteiger partial charge in [-0.3, -0.25) is 0 Å². The normalized spacial score (nSPS) is 10.5. The molecular formula is C9H14N2O4. The zero-order chi connectivity index (χ0) is 11.1. The molecular weight excluding hydrogens is 200 g/mol. The quantitative estimate of drug-likeness (QED) is 0.478. The summed E-state index contributed by atoms with van der Waals surface area (Å²) >= 11 is 0. The van der Waals surface area contributed by atoms with Gasteiger partial charge in [0, 0.05) is 7.11 Å². The SMILES string of the molecule is C=CCOCCn1nc(COC)oc1=O. The second kappa shape index (κ2) is 6.15. The summed E-state index contributed by atoms with van der Waals surface area (Å²) in [6, 6.07) is 0. The third-order valence-electron chi connectivity index (χ3n) is 1.60. The van der Waals surface area contributed by atoms with E-state index in [-0.39, 0.29) is 12.5 Å². The zero-order valence-corrected chi connectivity index (χ0v) is 8.64. The standard InChI is InChI=1S/C9H14N2O4/c1-3-5-14-6-4-11-9(12)15-8(10-11)7-13-2/h3H,1,4-7H2,2H3. The van der Waals surface area contributed by atoms with Crippen molar-refractivity contribution in [2.45, 2.75) is 13.2 Å². The molecule has 0 amide bonds. The molecule has 0 spiro atoms. The van der Waals surface area contributed by atoms with Crippen LogP contribution in [0.5, 0.6) is 0 Å². The molecule has 6 nitrogen and oxygen atoms in total. The molecule has 0 N–H and O–H groups in total. The summed E-state index contributed by atoms with van der Waals surface area (Å²) in [5.41, 5.74) is 0. The van der Waals surface area contributed by atoms with Crippen LogP contribution in [0.3, 0.4) is 0 Å². The highest BCUT2D eigenvalue weighted by Gasteiger charge is 2.06. The van der Waals surface area contributed by atoms with Crippen LogP contribution in [0, 0.1) is 0 Å². The van der Waals surface area contributed by atoms with Crippen molar-refractivity contribution in [2.75, 3.05) is 20.3 Å². The van der Waals surface area contributed by atoms with E-state index < -0.39 is 5.76 Å². The van der Waals surface area contributed by atoms with Crippen LogP contribution in [0.1, 0.15) is 5.89 Å². The van der Waals surface area contributed by atoms with E-state index in [0.717, 1.165) is 0 Å². The summed E-state index contributed by atoms with van der Waals surface area (Å²) in [5.74, 6) is -0.226. The van der Waals surface area contributed by atoms with Crippen molar-refractivity contribution in [3.63, 3.8) is 0 Å². The van der Waals surface area contributed by atoms with Gasteiger partial charge < -0.3 is 13.9 Å². The van der Waals surface area contributed by atoms with Crippen LogP contribution >= 0.6 is 0 Å². The highest BCUT2D eigenvalue weighted by molar-refractivity contribution is 4.71. The second-order valence-electron chi connectivity index (χ2n) is 2.78. The fourth-order valence-corrected chi connectivity index (χ4v) is 0.990. The number of aromatic nitrogens is 2. The second-order valence-corrected chi connectivity index (χ2v) is 2.78. The molecule has 1 aromatic rings. The van der Waals surface area contributed by atoms with E-state index in [2.05, 4.69) is 11.7 Å². The average molecular weight is 214 g/mol. The molecule has 0 aromatic carbocycles. The van der Waals surface area contributed by atoms with E-state index in [9.17, 15) is 4.79 Å². The Morgan fingerprint density at radius 3 is 3.13 bits per heavy atom. The summed E-state index contributed by atoms with van der Waals surface area (Å²) in [5, 5.41) is 3.90. The minimum absolute atomic E-state index is 0.190. The van der Waals surface area contributed by atoms with Gasteiger partial charge in [-0.25, -0.2) is 4.79 Å². The van der Waals surface area contributed by atoms with Crippen molar-refractivity contribution >= 4 is 0 Å². The van der Waals surface area contributed by atoms with Gasteiger partial charge in [0.05, 0.1) is 19.8 Å². The van der Waals surface area contributed by atoms with Crippen molar-refractivity contribution in [3.8, 4) is 0 Å². The van der Waals surface area contributed by atoms with Gasteiger partial charge in [0.2, 0.25) is 5.89 Å². The molecule has 0 atom stereocenters. The molecule has 15 heavy (non-hydrogen) atoms. The summed E-state index contributed by atoms with van der Waals surface area (Å²) in [7, 11) is 1.51. The van der Waals surface area contributed by atoms with Crippen LogP contribution in [0.2, 0.25) is 0 Å². The summed E-state index contributed by atoms with van der Waals surface area (Å²) in [6.07, 6.45) is 1.64. The Bertz CT molecular complexity index is 355. The third-order valence-corrected chi connectivity index (χ3v) is 1.60. The van der Waals surface area contributed by atoms with Crippen molar-refractivity contribution in [1.29, 1.82) is 0 Å². The fourth-order valence-electron chi connectivity index (χ4n) is 0.990. The lowest BCUT2D eigenvalue weighted by atomic mass is 10.6. The van der Waals surface area contributed by atoms with Gasteiger partial charge >= 0.3 is 5.76 Å². The Balaban J connectivity index is 2.46. The number of hydrogen-bond donors (Lipinski definition) is 0. The van der Waals surface area contributed by atoms with Crippen LogP contribution < -0.4 is 5.76 Å². The van der Waals surface area contributed by atoms with E-state index in [1.165, 1.54) is 11.8 Å². The number of hydrogen-bond acceptors (Lipinski definition) is 5. The summed E-state index contributed by atoms with van der Waals surface area (Å²) in [4.78, 5) is 11.2. The van der Waals surface area contributed by atoms with Gasteiger partial charge in [-0.2, -0.15) is 4.68 Å². The van der Waals surface area contributed by atoms with Crippen molar-refractivity contribution in [2.24, 2.45) is 0 Å². The lowest BCUT2D eigenvalue weighted by Gasteiger charge is -1.98. The van der Waals surface area contributed by atoms with Gasteiger partial charge in [-0.1, -0.05) is 6.08 Å². The van der Waals surface area contributed by atoms with Gasteiger partial charge in [0.15, 0.2) is 0 Å². The predicted octanol–water partition coefficient (Wildman–Crippen LogP) is 0.185. The molecule has 0 aliphatic carbocycles. The van der Waals surface area contributed by atoms with Crippen LogP contribution in [-0.2, 0) is 22.6 Å². The molecule has 0 saturated carbocycles. The highest BCUT2D eigenvalue weighted by Crippen LogP contribution is 1.92. The lowest BCUT2D eigenvalue weighted by molar-refractivity contribution is 0.148. The monoisotopic (exact) mass is 214 g/mol. The maximum atomic E-state index is 11.2. The third kappa shape index (κ3) is 3.69. The number of ether oxygens (including phenoxy) is 2. The number of nitrogens with zero attached hydrogens (tertiary/aromatic N) is 2. The molecule has 6 heteroatoms. The first-order valence-corrected chi connectivity index (χ1v) is 4.52. The van der Waals surface area contributed by atoms with Gasteiger partial charge in [0.1, 0.15) is 6.61 Å². The molecule has 0 aliphatic heterocycles. The minimum atomic E-state index is -0.496. The molecule has 0 bridgehead atoms. The Hall–Kier alpha value is -1.40. The average Bonchev–Trinajstić information content (AvgIpc) is 2.55. The van der Waals surface area contributed by atoms with Crippen molar-refractivity contribution in [1.82, 2.24) is 9.78 Å². The van der Waals surface area contributed by atoms with E-state index >= 15 is 0 Å². The minimum Gasteiger partial charge on any atom is -0.390 e. The molecule has 1 heterocycles. The Morgan fingerprint density at radius 1 is 1.67 bits per heavy atom. The Morgan fingerprint density at radius 2 is 2.47 bits per heavy atom. The van der Waals surface area contributed by atoms with E-state index in [4.69, 9.17) is 13.9 Å². The highest BCUT2D eigenvalue weighted by atomic mass is 16.5. The van der Waals surface area contributed by atoms with E-state index in [1.54, 1.807) is 6.08 Å². The topological polar surface area (TPSA) is 66.5 Å². The maximum absolute atomic E-state index is 11.2. The smallest absolute Gasteiger partial charge is 0.390 e. The molecule has 0 unspecified atom stereocenters. The van der Waals surface area contributed by atoms with Crippen LogP contribution in [0.4, 0.5) is 0 Å². The summed E-state index contributed by atoms with van der Waals surface area (Å²) < 4.78 is 15.9. The van der Waals surface area contributed by atoms with E-state index in [1.807, 2.05) is 0 Å². The first-order valence-electron chi connectivity index (χ1n) is 4.52. The number of methoxy groups -OCH3 is 1. The van der Waals surface area contributed by atoms with Crippen LogP contribution in [0.15, 0.2) is 21.9 Å². The maximum Gasteiger partial charge on any atom is 0.437 e. The largest absolute Gasteiger partial charge is 0.437 e. The zero-order valence-electron chi connectivity index (χ0n) is 8.64. The van der Waals surface area contributed by atoms with E-state index in [0.29, 0.717) is 19.8 Å². The van der Waals surface area contributed by atoms with Crippen LogP contribution in [0.25, 0.3) is 0 Å². The summed E-state index contributed by atoms with van der Waals surface area (Å²) in [6.45, 7) is 4.91. The fraction of sp³-hybridized carbons (Fsp3) is 0.556. The lowest BCUT2D eigenvalue weighted by Crippen LogP contribution is -2.19. The van der Waals surface area contributed by atoms with Gasteiger partial charge in [-0.05, 0) is 0 Å². The number of rotatable bonds is 7. The van der Waals surface area contributed by atoms with Crippen molar-refractivity contribution in [3.05, 3.63) is 29.1 Å². The van der Waals surface area contributed by atoms with Crippen molar-refractivity contribution < 1.29 is 13.9 Å². The molecule has 0 radical (unpaired) electrons.